The molecule has 0 aromatic rings. The van der Waals surface area contributed by atoms with E-state index >= 15 is 0 Å². The average molecular weight is 266 g/mol. The number of carbonyl (C=O) groups excluding carboxylic acids is 1. The Bertz CT molecular complexity index is 315. The van der Waals surface area contributed by atoms with Gasteiger partial charge in [0.1, 0.15) is 0 Å². The van der Waals surface area contributed by atoms with Gasteiger partial charge in [0.25, 0.3) is 0 Å². The van der Waals surface area contributed by atoms with E-state index in [0.29, 0.717) is 11.8 Å². The molecule has 0 aromatic carbocycles. The molecule has 3 aliphatic rings. The van der Waals surface area contributed by atoms with Crippen molar-refractivity contribution in [2.45, 2.75) is 38.5 Å². The number of nitrogens with one attached hydrogen (secondary N) is 2. The van der Waals surface area contributed by atoms with Crippen LogP contribution < -0.4 is 10.6 Å². The van der Waals surface area contributed by atoms with Crippen molar-refractivity contribution < 1.29 is 9.53 Å². The number of amides is 1. The number of rotatable bonds is 2. The van der Waals surface area contributed by atoms with Crippen molar-refractivity contribution in [3.63, 3.8) is 0 Å². The second-order valence-corrected chi connectivity index (χ2v) is 6.50. The molecule has 1 unspecified atom stereocenters. The van der Waals surface area contributed by atoms with Crippen LogP contribution >= 0.6 is 0 Å². The summed E-state index contributed by atoms with van der Waals surface area (Å²) < 4.78 is 5.44. The Morgan fingerprint density at radius 3 is 2.53 bits per heavy atom. The van der Waals surface area contributed by atoms with Gasteiger partial charge in [0.2, 0.25) is 5.91 Å². The summed E-state index contributed by atoms with van der Waals surface area (Å²) in [5.41, 5.74) is 0.284. The number of hydrogen-bond donors (Lipinski definition) is 2. The van der Waals surface area contributed by atoms with Crippen LogP contribution in [0.5, 0.6) is 0 Å². The summed E-state index contributed by atoms with van der Waals surface area (Å²) in [6.07, 6.45) is 6.88. The highest BCUT2D eigenvalue weighted by Gasteiger charge is 2.46. The van der Waals surface area contributed by atoms with Gasteiger partial charge >= 0.3 is 0 Å². The fourth-order valence-corrected chi connectivity index (χ4v) is 4.21. The van der Waals surface area contributed by atoms with Gasteiger partial charge in [0.15, 0.2) is 0 Å². The molecule has 0 radical (unpaired) electrons. The van der Waals surface area contributed by atoms with E-state index in [4.69, 9.17) is 4.74 Å². The van der Waals surface area contributed by atoms with Gasteiger partial charge in [-0.05, 0) is 62.9 Å². The molecule has 0 saturated carbocycles. The fraction of sp³-hybridized carbons (Fsp3) is 0.933. The Kier molecular flexibility index (Phi) is 4.08. The van der Waals surface area contributed by atoms with Gasteiger partial charge in [-0.2, -0.15) is 0 Å². The molecule has 3 rings (SSSR count). The first-order valence-electron chi connectivity index (χ1n) is 7.86. The molecule has 1 amide bonds. The molecule has 0 aliphatic carbocycles. The van der Waals surface area contributed by atoms with Crippen LogP contribution in [0.25, 0.3) is 0 Å². The summed E-state index contributed by atoms with van der Waals surface area (Å²) >= 11 is 0. The third kappa shape index (κ3) is 2.79. The maximum Gasteiger partial charge on any atom is 0.223 e. The Balaban J connectivity index is 1.71. The first kappa shape index (κ1) is 13.4. The molecule has 3 fully saturated rings. The minimum atomic E-state index is 0.242. The summed E-state index contributed by atoms with van der Waals surface area (Å²) in [6, 6.07) is 0. The first-order valence-corrected chi connectivity index (χ1v) is 7.86. The van der Waals surface area contributed by atoms with Crippen LogP contribution in [0.3, 0.4) is 0 Å². The highest BCUT2D eigenvalue weighted by Crippen LogP contribution is 2.46. The van der Waals surface area contributed by atoms with E-state index < -0.39 is 0 Å². The van der Waals surface area contributed by atoms with Gasteiger partial charge in [0, 0.05) is 25.7 Å². The topological polar surface area (TPSA) is 50.4 Å². The highest BCUT2D eigenvalue weighted by molar-refractivity contribution is 5.80. The molecule has 2 N–H and O–H groups in total. The molecule has 3 heterocycles. The van der Waals surface area contributed by atoms with E-state index in [1.807, 2.05) is 0 Å². The molecule has 108 valence electrons. The van der Waals surface area contributed by atoms with E-state index in [1.54, 1.807) is 0 Å². The van der Waals surface area contributed by atoms with Crippen molar-refractivity contribution >= 4 is 5.91 Å². The molecular weight excluding hydrogens is 240 g/mol. The lowest BCUT2D eigenvalue weighted by molar-refractivity contribution is -0.135. The van der Waals surface area contributed by atoms with Gasteiger partial charge in [0.05, 0.1) is 0 Å². The molecule has 4 nitrogen and oxygen atoms in total. The molecule has 1 spiro atoms. The second kappa shape index (κ2) is 5.80. The van der Waals surface area contributed by atoms with Crippen LogP contribution in [0.1, 0.15) is 38.5 Å². The standard InChI is InChI=1S/C15H26N2O2/c18-14-13(11-12-1-9-19-10-2-12)15(5-8-17-14)3-6-16-7-4-15/h12-13,16H,1-11H2,(H,17,18). The summed E-state index contributed by atoms with van der Waals surface area (Å²) in [4.78, 5) is 12.4. The van der Waals surface area contributed by atoms with Gasteiger partial charge < -0.3 is 15.4 Å². The van der Waals surface area contributed by atoms with Crippen LogP contribution in [-0.2, 0) is 9.53 Å². The second-order valence-electron chi connectivity index (χ2n) is 6.50. The summed E-state index contributed by atoms with van der Waals surface area (Å²) in [5, 5.41) is 6.55. The smallest absolute Gasteiger partial charge is 0.223 e. The lowest BCUT2D eigenvalue weighted by Crippen LogP contribution is -2.53. The van der Waals surface area contributed by atoms with E-state index in [0.717, 1.165) is 52.1 Å². The van der Waals surface area contributed by atoms with Crippen molar-refractivity contribution in [3.8, 4) is 0 Å². The lowest BCUT2D eigenvalue weighted by Gasteiger charge is -2.47. The van der Waals surface area contributed by atoms with E-state index in [2.05, 4.69) is 10.6 Å². The molecule has 19 heavy (non-hydrogen) atoms. The molecule has 4 heteroatoms. The Labute approximate surface area is 115 Å². The van der Waals surface area contributed by atoms with Gasteiger partial charge in [-0.1, -0.05) is 0 Å². The third-order valence-corrected chi connectivity index (χ3v) is 5.49. The van der Waals surface area contributed by atoms with Crippen molar-refractivity contribution in [2.75, 3.05) is 32.8 Å². The predicted molar refractivity (Wildman–Crippen MR) is 73.8 cm³/mol. The summed E-state index contributed by atoms with van der Waals surface area (Å²) in [7, 11) is 0. The van der Waals surface area contributed by atoms with Crippen molar-refractivity contribution in [1.82, 2.24) is 10.6 Å². The maximum atomic E-state index is 12.4. The van der Waals surface area contributed by atoms with Crippen molar-refractivity contribution in [2.24, 2.45) is 17.3 Å². The molecule has 0 aromatic heterocycles. The van der Waals surface area contributed by atoms with Crippen molar-refractivity contribution in [3.05, 3.63) is 0 Å². The molecule has 3 aliphatic heterocycles. The minimum Gasteiger partial charge on any atom is -0.381 e. The zero-order valence-electron chi connectivity index (χ0n) is 11.7. The third-order valence-electron chi connectivity index (χ3n) is 5.49. The normalized spacial score (nSPS) is 32.2. The average Bonchev–Trinajstić information content (AvgIpc) is 2.45. The monoisotopic (exact) mass is 266 g/mol. The van der Waals surface area contributed by atoms with Crippen LogP contribution in [0.4, 0.5) is 0 Å². The number of hydrogen-bond acceptors (Lipinski definition) is 3. The quantitative estimate of drug-likeness (QED) is 0.792. The van der Waals surface area contributed by atoms with E-state index in [1.165, 1.54) is 19.3 Å². The van der Waals surface area contributed by atoms with Gasteiger partial charge in [-0.25, -0.2) is 0 Å². The van der Waals surface area contributed by atoms with E-state index in [-0.39, 0.29) is 11.3 Å². The Hall–Kier alpha value is -0.610. The number of piperidine rings is 2. The first-order chi connectivity index (χ1) is 9.30. The SMILES string of the molecule is O=C1NCCC2(CCNCC2)C1CC1CCOCC1. The number of carbonyl (C=O) groups is 1. The van der Waals surface area contributed by atoms with E-state index in [9.17, 15) is 4.79 Å². The predicted octanol–water partition coefficient (Wildman–Crippen LogP) is 1.31. The molecule has 0 bridgehead atoms. The molecular formula is C15H26N2O2. The Morgan fingerprint density at radius 2 is 1.79 bits per heavy atom. The van der Waals surface area contributed by atoms with Crippen molar-refractivity contribution in [1.29, 1.82) is 0 Å². The summed E-state index contributed by atoms with van der Waals surface area (Å²) in [5.74, 6) is 1.25. The van der Waals surface area contributed by atoms with Gasteiger partial charge in [-0.3, -0.25) is 4.79 Å². The minimum absolute atomic E-state index is 0.242. The lowest BCUT2D eigenvalue weighted by atomic mass is 9.62. The Morgan fingerprint density at radius 1 is 1.11 bits per heavy atom. The van der Waals surface area contributed by atoms with Crippen LogP contribution in [0.2, 0.25) is 0 Å². The van der Waals surface area contributed by atoms with Crippen LogP contribution in [-0.4, -0.2) is 38.8 Å². The van der Waals surface area contributed by atoms with Crippen LogP contribution in [0, 0.1) is 17.3 Å². The molecule has 3 saturated heterocycles. The van der Waals surface area contributed by atoms with Crippen LogP contribution in [0.15, 0.2) is 0 Å². The summed E-state index contributed by atoms with van der Waals surface area (Å²) in [6.45, 7) is 4.80. The maximum absolute atomic E-state index is 12.4. The molecule has 1 atom stereocenters. The highest BCUT2D eigenvalue weighted by atomic mass is 16.5. The zero-order valence-corrected chi connectivity index (χ0v) is 11.7. The zero-order chi connectivity index (χ0) is 13.1. The largest absolute Gasteiger partial charge is 0.381 e. The van der Waals surface area contributed by atoms with Gasteiger partial charge in [-0.15, -0.1) is 0 Å². The number of ether oxygens (including phenoxy) is 1. The fourth-order valence-electron chi connectivity index (χ4n) is 4.21.